The number of aromatic nitrogens is 4. The van der Waals surface area contributed by atoms with Gasteiger partial charge in [0.05, 0.1) is 18.3 Å². The number of para-hydroxylation sites is 1. The Bertz CT molecular complexity index is 659. The van der Waals surface area contributed by atoms with E-state index < -0.39 is 6.10 Å². The fourth-order valence-electron chi connectivity index (χ4n) is 2.80. The second kappa shape index (κ2) is 6.84. The van der Waals surface area contributed by atoms with Crippen molar-refractivity contribution in [3.63, 3.8) is 0 Å². The quantitative estimate of drug-likeness (QED) is 0.716. The van der Waals surface area contributed by atoms with Crippen molar-refractivity contribution in [1.82, 2.24) is 25.5 Å². The van der Waals surface area contributed by atoms with Crippen LogP contribution in [0.15, 0.2) is 30.3 Å². The number of tetrazole rings is 1. The van der Waals surface area contributed by atoms with E-state index in [4.69, 9.17) is 5.73 Å². The number of carbonyl (C=O) groups is 1. The average molecular weight is 316 g/mol. The molecule has 1 aromatic heterocycles. The summed E-state index contributed by atoms with van der Waals surface area (Å²) in [6, 6.07) is 9.25. The highest BCUT2D eigenvalue weighted by atomic mass is 16.3. The van der Waals surface area contributed by atoms with Crippen molar-refractivity contribution in [2.45, 2.75) is 38.0 Å². The molecule has 1 amide bonds. The van der Waals surface area contributed by atoms with Gasteiger partial charge in [0.15, 0.2) is 5.82 Å². The molecule has 1 heterocycles. The second-order valence-corrected chi connectivity index (χ2v) is 5.80. The topological polar surface area (TPSA) is 119 Å². The summed E-state index contributed by atoms with van der Waals surface area (Å²) in [6.45, 7) is 0.235. The molecule has 1 fully saturated rings. The van der Waals surface area contributed by atoms with E-state index in [2.05, 4.69) is 20.8 Å². The molecule has 0 bridgehead atoms. The number of amides is 1. The summed E-state index contributed by atoms with van der Waals surface area (Å²) < 4.78 is 1.59. The van der Waals surface area contributed by atoms with Crippen LogP contribution in [0.25, 0.3) is 5.69 Å². The minimum Gasteiger partial charge on any atom is -0.391 e. The molecule has 122 valence electrons. The number of nitrogens with zero attached hydrogens (tertiary/aromatic N) is 4. The van der Waals surface area contributed by atoms with Crippen LogP contribution in [0.2, 0.25) is 0 Å². The number of nitrogens with two attached hydrogens (primary N) is 1. The van der Waals surface area contributed by atoms with E-state index in [9.17, 15) is 9.90 Å². The van der Waals surface area contributed by atoms with Gasteiger partial charge in [0.25, 0.3) is 0 Å². The van der Waals surface area contributed by atoms with Crippen LogP contribution in [-0.4, -0.2) is 43.4 Å². The van der Waals surface area contributed by atoms with E-state index in [1.165, 1.54) is 0 Å². The Morgan fingerprint density at radius 2 is 2.13 bits per heavy atom. The van der Waals surface area contributed by atoms with Crippen LogP contribution in [0.1, 0.15) is 25.1 Å². The average Bonchev–Trinajstić information content (AvgIpc) is 3.04. The van der Waals surface area contributed by atoms with Gasteiger partial charge in [-0.1, -0.05) is 18.2 Å². The van der Waals surface area contributed by atoms with Crippen molar-refractivity contribution in [2.24, 2.45) is 11.7 Å². The van der Waals surface area contributed by atoms with Gasteiger partial charge in [-0.05, 0) is 41.8 Å². The van der Waals surface area contributed by atoms with Crippen molar-refractivity contribution >= 4 is 5.91 Å². The van der Waals surface area contributed by atoms with Crippen LogP contribution in [0.5, 0.6) is 0 Å². The van der Waals surface area contributed by atoms with E-state index in [1.807, 2.05) is 30.3 Å². The highest BCUT2D eigenvalue weighted by Gasteiger charge is 2.30. The fraction of sp³-hybridized carbons (Fsp3) is 0.467. The highest BCUT2D eigenvalue weighted by Crippen LogP contribution is 2.23. The van der Waals surface area contributed by atoms with E-state index in [0.717, 1.165) is 5.69 Å². The third kappa shape index (κ3) is 3.54. The summed E-state index contributed by atoms with van der Waals surface area (Å²) in [5.74, 6) is 0.238. The maximum Gasteiger partial charge on any atom is 0.223 e. The zero-order chi connectivity index (χ0) is 16.2. The first kappa shape index (κ1) is 15.6. The normalized spacial score (nSPS) is 24.3. The van der Waals surface area contributed by atoms with E-state index in [-0.39, 0.29) is 24.4 Å². The molecule has 0 aliphatic heterocycles. The Hall–Kier alpha value is -2.32. The first-order chi connectivity index (χ1) is 11.1. The number of aliphatic hydroxyl groups excluding tert-OH is 1. The van der Waals surface area contributed by atoms with Crippen LogP contribution >= 0.6 is 0 Å². The molecular formula is C15H20N6O2. The van der Waals surface area contributed by atoms with Crippen molar-refractivity contribution in [3.8, 4) is 5.69 Å². The van der Waals surface area contributed by atoms with Gasteiger partial charge in [-0.25, -0.2) is 0 Å². The number of hydrogen-bond donors (Lipinski definition) is 3. The van der Waals surface area contributed by atoms with E-state index in [1.54, 1.807) is 4.68 Å². The molecule has 1 aromatic carbocycles. The standard InChI is InChI=1S/C15H20N6O2/c16-12-7-6-10(8-13(12)22)15(23)17-9-14-18-19-20-21(14)11-4-2-1-3-5-11/h1-5,10,12-13,22H,6-9,16H2,(H,17,23)/t10-,12+,13+/m0/s1. The smallest absolute Gasteiger partial charge is 0.223 e. The summed E-state index contributed by atoms with van der Waals surface area (Å²) in [7, 11) is 0. The van der Waals surface area contributed by atoms with Crippen LogP contribution in [-0.2, 0) is 11.3 Å². The predicted octanol–water partition coefficient (Wildman–Crippen LogP) is -0.233. The van der Waals surface area contributed by atoms with Crippen LogP contribution < -0.4 is 11.1 Å². The summed E-state index contributed by atoms with van der Waals surface area (Å²) in [5, 5.41) is 24.2. The maximum absolute atomic E-state index is 12.3. The molecule has 1 aliphatic carbocycles. The highest BCUT2D eigenvalue weighted by molar-refractivity contribution is 5.78. The molecule has 8 heteroatoms. The van der Waals surface area contributed by atoms with Gasteiger partial charge in [0, 0.05) is 12.0 Å². The van der Waals surface area contributed by atoms with Crippen LogP contribution in [0.3, 0.4) is 0 Å². The number of rotatable bonds is 4. The van der Waals surface area contributed by atoms with Gasteiger partial charge in [0.1, 0.15) is 0 Å². The summed E-state index contributed by atoms with van der Waals surface area (Å²) in [6.07, 6.45) is 1.12. The first-order valence-corrected chi connectivity index (χ1v) is 7.69. The lowest BCUT2D eigenvalue weighted by atomic mass is 9.84. The molecule has 0 unspecified atom stereocenters. The number of carbonyl (C=O) groups excluding carboxylic acids is 1. The number of hydrogen-bond acceptors (Lipinski definition) is 6. The Labute approximate surface area is 133 Å². The lowest BCUT2D eigenvalue weighted by molar-refractivity contribution is -0.127. The van der Waals surface area contributed by atoms with Crippen molar-refractivity contribution in [1.29, 1.82) is 0 Å². The molecule has 8 nitrogen and oxygen atoms in total. The third-order valence-electron chi connectivity index (χ3n) is 4.20. The predicted molar refractivity (Wildman–Crippen MR) is 82.3 cm³/mol. The van der Waals surface area contributed by atoms with Crippen LogP contribution in [0.4, 0.5) is 0 Å². The Balaban J connectivity index is 1.61. The van der Waals surface area contributed by atoms with Crippen molar-refractivity contribution in [2.75, 3.05) is 0 Å². The summed E-state index contributed by atoms with van der Waals surface area (Å²) in [4.78, 5) is 12.3. The molecule has 3 atom stereocenters. The Kier molecular flexibility index (Phi) is 4.63. The molecule has 0 radical (unpaired) electrons. The molecule has 23 heavy (non-hydrogen) atoms. The van der Waals surface area contributed by atoms with Crippen molar-refractivity contribution in [3.05, 3.63) is 36.2 Å². The largest absolute Gasteiger partial charge is 0.391 e. The van der Waals surface area contributed by atoms with Gasteiger partial charge < -0.3 is 16.2 Å². The molecule has 3 rings (SSSR count). The monoisotopic (exact) mass is 316 g/mol. The molecule has 0 saturated heterocycles. The van der Waals surface area contributed by atoms with Gasteiger partial charge in [-0.15, -0.1) is 5.10 Å². The van der Waals surface area contributed by atoms with Gasteiger partial charge in [-0.3, -0.25) is 4.79 Å². The van der Waals surface area contributed by atoms with Gasteiger partial charge in [-0.2, -0.15) is 4.68 Å². The Morgan fingerprint density at radius 3 is 2.87 bits per heavy atom. The molecular weight excluding hydrogens is 296 g/mol. The van der Waals surface area contributed by atoms with Gasteiger partial charge in [0.2, 0.25) is 5.91 Å². The second-order valence-electron chi connectivity index (χ2n) is 5.80. The summed E-state index contributed by atoms with van der Waals surface area (Å²) >= 11 is 0. The number of aliphatic hydroxyl groups is 1. The van der Waals surface area contributed by atoms with Crippen LogP contribution in [0, 0.1) is 5.92 Å². The maximum atomic E-state index is 12.3. The Morgan fingerprint density at radius 1 is 1.35 bits per heavy atom. The van der Waals surface area contributed by atoms with Gasteiger partial charge >= 0.3 is 0 Å². The molecule has 4 N–H and O–H groups in total. The fourth-order valence-corrected chi connectivity index (χ4v) is 2.80. The van der Waals surface area contributed by atoms with E-state index >= 15 is 0 Å². The zero-order valence-electron chi connectivity index (χ0n) is 12.7. The minimum atomic E-state index is -0.617. The molecule has 0 spiro atoms. The molecule has 1 aliphatic rings. The third-order valence-corrected chi connectivity index (χ3v) is 4.20. The molecule has 1 saturated carbocycles. The molecule has 2 aromatic rings. The zero-order valence-corrected chi connectivity index (χ0v) is 12.7. The minimum absolute atomic E-state index is 0.0986. The lowest BCUT2D eigenvalue weighted by Gasteiger charge is -2.29. The SMILES string of the molecule is N[C@@H]1CC[C@H](C(=O)NCc2nnnn2-c2ccccc2)C[C@H]1O. The van der Waals surface area contributed by atoms with E-state index in [0.29, 0.717) is 25.1 Å². The van der Waals surface area contributed by atoms with Crippen molar-refractivity contribution < 1.29 is 9.90 Å². The first-order valence-electron chi connectivity index (χ1n) is 7.69. The summed E-state index contributed by atoms with van der Waals surface area (Å²) in [5.41, 5.74) is 6.60. The lowest BCUT2D eigenvalue weighted by Crippen LogP contribution is -2.44. The number of benzene rings is 1. The number of nitrogens with one attached hydrogen (secondary N) is 1.